The van der Waals surface area contributed by atoms with E-state index >= 15 is 0 Å². The predicted octanol–water partition coefficient (Wildman–Crippen LogP) is 1.28. The number of piperazine rings is 1. The van der Waals surface area contributed by atoms with Crippen molar-refractivity contribution in [2.75, 3.05) is 45.8 Å². The molecule has 2 aliphatic rings. The largest absolute Gasteiger partial charge is 0.342 e. The number of pyridine rings is 1. The minimum absolute atomic E-state index is 0.291. The monoisotopic (exact) mass is 366 g/mol. The van der Waals surface area contributed by atoms with Crippen molar-refractivity contribution in [1.29, 1.82) is 0 Å². The lowest BCUT2D eigenvalue weighted by molar-refractivity contribution is -0.131. The Morgan fingerprint density at radius 1 is 0.889 bits per heavy atom. The maximum atomic E-state index is 12.3. The van der Waals surface area contributed by atoms with Crippen molar-refractivity contribution >= 4 is 5.91 Å². The van der Waals surface area contributed by atoms with Crippen LogP contribution in [0.4, 0.5) is 0 Å². The summed E-state index contributed by atoms with van der Waals surface area (Å²) in [7, 11) is 0. The highest BCUT2D eigenvalue weighted by molar-refractivity contribution is 5.78. The van der Waals surface area contributed by atoms with Crippen LogP contribution in [0.1, 0.15) is 18.4 Å². The summed E-state index contributed by atoms with van der Waals surface area (Å²) in [4.78, 5) is 32.2. The number of hydrogen-bond donors (Lipinski definition) is 0. The maximum Gasteiger partial charge on any atom is 0.236 e. The van der Waals surface area contributed by atoms with E-state index in [4.69, 9.17) is 0 Å². The summed E-state index contributed by atoms with van der Waals surface area (Å²) in [6.45, 7) is 7.09. The Labute approximate surface area is 160 Å². The topological polar surface area (TPSA) is 65.5 Å². The summed E-state index contributed by atoms with van der Waals surface area (Å²) in [6, 6.07) is 5.74. The molecule has 0 aromatic carbocycles. The van der Waals surface area contributed by atoms with Crippen LogP contribution in [0.5, 0.6) is 0 Å². The molecule has 0 saturated carbocycles. The minimum atomic E-state index is 0.291. The number of carbonyl (C=O) groups excluding carboxylic acids is 1. The van der Waals surface area contributed by atoms with Gasteiger partial charge < -0.3 is 4.90 Å². The molecule has 1 amide bonds. The first kappa shape index (κ1) is 18.0. The zero-order chi connectivity index (χ0) is 18.5. The molecule has 2 aromatic rings. The quantitative estimate of drug-likeness (QED) is 0.794. The van der Waals surface area contributed by atoms with Gasteiger partial charge in [-0.3, -0.25) is 19.6 Å². The van der Waals surface area contributed by atoms with E-state index in [1.807, 2.05) is 35.5 Å². The van der Waals surface area contributed by atoms with Crippen LogP contribution in [-0.2, 0) is 11.3 Å². The van der Waals surface area contributed by atoms with E-state index in [0.29, 0.717) is 18.3 Å². The van der Waals surface area contributed by atoms with Gasteiger partial charge >= 0.3 is 0 Å². The molecule has 0 aliphatic carbocycles. The average molecular weight is 366 g/mol. The van der Waals surface area contributed by atoms with Crippen molar-refractivity contribution in [3.05, 3.63) is 42.4 Å². The lowest BCUT2D eigenvalue weighted by atomic mass is 10.2. The van der Waals surface area contributed by atoms with Crippen LogP contribution in [-0.4, -0.2) is 81.4 Å². The van der Waals surface area contributed by atoms with Gasteiger partial charge in [0.15, 0.2) is 5.82 Å². The Hall–Kier alpha value is -2.38. The molecule has 0 spiro atoms. The molecule has 2 fully saturated rings. The van der Waals surface area contributed by atoms with Gasteiger partial charge in [0, 0.05) is 70.0 Å². The van der Waals surface area contributed by atoms with Crippen molar-refractivity contribution in [2.24, 2.45) is 0 Å². The first-order valence-corrected chi connectivity index (χ1v) is 9.73. The lowest BCUT2D eigenvalue weighted by Gasteiger charge is -2.34. The molecular weight excluding hydrogens is 340 g/mol. The fraction of sp³-hybridized carbons (Fsp3) is 0.500. The standard InChI is InChI=1S/C20H26N6O/c27-19(26-7-3-4-8-26)16-25-11-9-24(10-12-25)15-17-13-22-20(23-14-17)18-5-1-2-6-21-18/h1-2,5-6,13-14H,3-4,7-12,15-16H2. The van der Waals surface area contributed by atoms with Gasteiger partial charge in [-0.15, -0.1) is 0 Å². The van der Waals surface area contributed by atoms with Gasteiger partial charge in [0.05, 0.1) is 6.54 Å². The van der Waals surface area contributed by atoms with E-state index in [2.05, 4.69) is 24.8 Å². The molecule has 0 bridgehead atoms. The second-order valence-electron chi connectivity index (χ2n) is 7.27. The van der Waals surface area contributed by atoms with Gasteiger partial charge in [0.1, 0.15) is 5.69 Å². The van der Waals surface area contributed by atoms with Crippen LogP contribution in [0.2, 0.25) is 0 Å². The summed E-state index contributed by atoms with van der Waals surface area (Å²) in [6.07, 6.45) is 7.84. The van der Waals surface area contributed by atoms with Crippen LogP contribution >= 0.6 is 0 Å². The third-order valence-electron chi connectivity index (χ3n) is 5.29. The van der Waals surface area contributed by atoms with Crippen molar-refractivity contribution < 1.29 is 4.79 Å². The molecule has 4 rings (SSSR count). The fourth-order valence-electron chi connectivity index (χ4n) is 3.69. The van der Waals surface area contributed by atoms with E-state index in [0.717, 1.165) is 69.9 Å². The average Bonchev–Trinajstić information content (AvgIpc) is 3.26. The summed E-state index contributed by atoms with van der Waals surface area (Å²) in [5.41, 5.74) is 1.90. The Kier molecular flexibility index (Phi) is 5.69. The smallest absolute Gasteiger partial charge is 0.236 e. The Morgan fingerprint density at radius 3 is 2.26 bits per heavy atom. The summed E-state index contributed by atoms with van der Waals surface area (Å²) < 4.78 is 0. The molecule has 27 heavy (non-hydrogen) atoms. The third-order valence-corrected chi connectivity index (χ3v) is 5.29. The SMILES string of the molecule is O=C(CN1CCN(Cc2cnc(-c3ccccn3)nc2)CC1)N1CCCC1. The third kappa shape index (κ3) is 4.67. The van der Waals surface area contributed by atoms with Gasteiger partial charge in [-0.05, 0) is 25.0 Å². The molecular formula is C20H26N6O. The molecule has 7 nitrogen and oxygen atoms in total. The second kappa shape index (κ2) is 8.54. The Morgan fingerprint density at radius 2 is 1.59 bits per heavy atom. The highest BCUT2D eigenvalue weighted by Gasteiger charge is 2.23. The van der Waals surface area contributed by atoms with Crippen LogP contribution in [0, 0.1) is 0 Å². The van der Waals surface area contributed by atoms with Crippen molar-refractivity contribution in [3.63, 3.8) is 0 Å². The number of likely N-dealkylation sites (tertiary alicyclic amines) is 1. The van der Waals surface area contributed by atoms with Crippen LogP contribution in [0.25, 0.3) is 11.5 Å². The predicted molar refractivity (Wildman–Crippen MR) is 103 cm³/mol. The normalized spacial score (nSPS) is 18.7. The van der Waals surface area contributed by atoms with Crippen LogP contribution in [0.3, 0.4) is 0 Å². The van der Waals surface area contributed by atoms with Crippen molar-refractivity contribution in [1.82, 2.24) is 29.7 Å². The first-order valence-electron chi connectivity index (χ1n) is 9.73. The summed E-state index contributed by atoms with van der Waals surface area (Å²) in [5.74, 6) is 0.948. The second-order valence-corrected chi connectivity index (χ2v) is 7.27. The number of hydrogen-bond acceptors (Lipinski definition) is 6. The summed E-state index contributed by atoms with van der Waals surface area (Å²) >= 11 is 0. The van der Waals surface area contributed by atoms with Crippen molar-refractivity contribution in [3.8, 4) is 11.5 Å². The van der Waals surface area contributed by atoms with Gasteiger partial charge in [-0.25, -0.2) is 9.97 Å². The molecule has 0 atom stereocenters. The first-order chi connectivity index (χ1) is 13.3. The van der Waals surface area contributed by atoms with Crippen LogP contribution in [0.15, 0.2) is 36.8 Å². The molecule has 7 heteroatoms. The minimum Gasteiger partial charge on any atom is -0.342 e. The molecule has 2 saturated heterocycles. The molecule has 2 aromatic heterocycles. The van der Waals surface area contributed by atoms with Crippen LogP contribution < -0.4 is 0 Å². The Bertz CT molecular complexity index is 737. The lowest BCUT2D eigenvalue weighted by Crippen LogP contribution is -2.49. The number of aromatic nitrogens is 3. The number of rotatable bonds is 5. The molecule has 0 radical (unpaired) electrons. The highest BCUT2D eigenvalue weighted by Crippen LogP contribution is 2.13. The van der Waals surface area contributed by atoms with E-state index in [1.54, 1.807) is 6.20 Å². The molecule has 0 unspecified atom stereocenters. The Balaban J connectivity index is 1.25. The molecule has 2 aliphatic heterocycles. The van der Waals surface area contributed by atoms with Gasteiger partial charge in [0.2, 0.25) is 5.91 Å². The zero-order valence-corrected chi connectivity index (χ0v) is 15.6. The fourth-order valence-corrected chi connectivity index (χ4v) is 3.69. The van der Waals surface area contributed by atoms with Gasteiger partial charge in [-0.2, -0.15) is 0 Å². The maximum absolute atomic E-state index is 12.3. The highest BCUT2D eigenvalue weighted by atomic mass is 16.2. The van der Waals surface area contributed by atoms with E-state index in [-0.39, 0.29) is 0 Å². The van der Waals surface area contributed by atoms with Crippen molar-refractivity contribution in [2.45, 2.75) is 19.4 Å². The number of carbonyl (C=O) groups is 1. The van der Waals surface area contributed by atoms with Gasteiger partial charge in [0.25, 0.3) is 0 Å². The molecule has 4 heterocycles. The van der Waals surface area contributed by atoms with E-state index in [9.17, 15) is 4.79 Å². The van der Waals surface area contributed by atoms with Gasteiger partial charge in [-0.1, -0.05) is 6.07 Å². The zero-order valence-electron chi connectivity index (χ0n) is 15.6. The van der Waals surface area contributed by atoms with E-state index in [1.165, 1.54) is 0 Å². The van der Waals surface area contributed by atoms with E-state index < -0.39 is 0 Å². The molecule has 142 valence electrons. The number of nitrogens with zero attached hydrogens (tertiary/aromatic N) is 6. The molecule has 0 N–H and O–H groups in total. The number of amides is 1. The summed E-state index contributed by atoms with van der Waals surface area (Å²) in [5, 5.41) is 0.